The Hall–Kier alpha value is -2.17. The van der Waals surface area contributed by atoms with Gasteiger partial charge in [-0.25, -0.2) is 9.37 Å². The monoisotopic (exact) mass is 246 g/mol. The standard InChI is InChI=1S/C13H15FN4/c1-2-16-12-8-15-9-13(18-12)17-7-10-3-5-11(14)6-4-10/h3-6,8-9H,2,7H2,1H3,(H2,16,17,18). The zero-order chi connectivity index (χ0) is 12.8. The van der Waals surface area contributed by atoms with E-state index in [1.165, 1.54) is 12.1 Å². The molecule has 0 atom stereocenters. The number of anilines is 2. The molecular weight excluding hydrogens is 231 g/mol. The van der Waals surface area contributed by atoms with Crippen LogP contribution in [0, 0.1) is 5.82 Å². The van der Waals surface area contributed by atoms with Crippen molar-refractivity contribution < 1.29 is 4.39 Å². The van der Waals surface area contributed by atoms with E-state index in [2.05, 4.69) is 20.6 Å². The molecule has 4 nitrogen and oxygen atoms in total. The van der Waals surface area contributed by atoms with Gasteiger partial charge in [0.2, 0.25) is 0 Å². The first kappa shape index (κ1) is 12.3. The van der Waals surface area contributed by atoms with Crippen molar-refractivity contribution in [1.82, 2.24) is 9.97 Å². The van der Waals surface area contributed by atoms with E-state index >= 15 is 0 Å². The molecule has 0 saturated heterocycles. The topological polar surface area (TPSA) is 49.8 Å². The lowest BCUT2D eigenvalue weighted by atomic mass is 10.2. The summed E-state index contributed by atoms with van der Waals surface area (Å²) in [6.45, 7) is 3.39. The summed E-state index contributed by atoms with van der Waals surface area (Å²) >= 11 is 0. The number of hydrogen-bond donors (Lipinski definition) is 2. The van der Waals surface area contributed by atoms with Crippen LogP contribution in [0.3, 0.4) is 0 Å². The van der Waals surface area contributed by atoms with Gasteiger partial charge in [-0.15, -0.1) is 0 Å². The van der Waals surface area contributed by atoms with Crippen LogP contribution >= 0.6 is 0 Å². The fourth-order valence-electron chi connectivity index (χ4n) is 1.51. The minimum absolute atomic E-state index is 0.229. The number of rotatable bonds is 5. The first-order valence-electron chi connectivity index (χ1n) is 5.82. The number of hydrogen-bond acceptors (Lipinski definition) is 4. The Bertz CT molecular complexity index is 499. The maximum Gasteiger partial charge on any atom is 0.147 e. The van der Waals surface area contributed by atoms with Gasteiger partial charge < -0.3 is 10.6 Å². The number of nitrogens with zero attached hydrogens (tertiary/aromatic N) is 2. The van der Waals surface area contributed by atoms with Crippen LogP contribution in [0.15, 0.2) is 36.7 Å². The van der Waals surface area contributed by atoms with Crippen LogP contribution in [0.2, 0.25) is 0 Å². The van der Waals surface area contributed by atoms with Crippen molar-refractivity contribution in [3.63, 3.8) is 0 Å². The van der Waals surface area contributed by atoms with Crippen LogP contribution in [0.25, 0.3) is 0 Å². The second kappa shape index (κ2) is 5.95. The Morgan fingerprint density at radius 1 is 1.06 bits per heavy atom. The van der Waals surface area contributed by atoms with E-state index in [9.17, 15) is 4.39 Å². The lowest BCUT2D eigenvalue weighted by Gasteiger charge is -2.07. The normalized spacial score (nSPS) is 10.1. The van der Waals surface area contributed by atoms with Gasteiger partial charge in [0, 0.05) is 13.1 Å². The van der Waals surface area contributed by atoms with Crippen molar-refractivity contribution in [3.05, 3.63) is 48.0 Å². The molecule has 18 heavy (non-hydrogen) atoms. The van der Waals surface area contributed by atoms with E-state index in [1.54, 1.807) is 24.5 Å². The second-order valence-electron chi connectivity index (χ2n) is 3.80. The third-order valence-electron chi connectivity index (χ3n) is 2.38. The SMILES string of the molecule is CCNc1cncc(NCc2ccc(F)cc2)n1. The lowest BCUT2D eigenvalue weighted by Crippen LogP contribution is -2.05. The molecule has 1 aromatic heterocycles. The van der Waals surface area contributed by atoms with Crippen LogP contribution < -0.4 is 10.6 Å². The van der Waals surface area contributed by atoms with E-state index in [0.717, 1.165) is 17.9 Å². The van der Waals surface area contributed by atoms with Crippen molar-refractivity contribution in [2.45, 2.75) is 13.5 Å². The zero-order valence-electron chi connectivity index (χ0n) is 10.2. The summed E-state index contributed by atoms with van der Waals surface area (Å²) < 4.78 is 12.7. The van der Waals surface area contributed by atoms with Gasteiger partial charge in [0.25, 0.3) is 0 Å². The quantitative estimate of drug-likeness (QED) is 0.851. The van der Waals surface area contributed by atoms with E-state index in [0.29, 0.717) is 12.4 Å². The van der Waals surface area contributed by atoms with Crippen LogP contribution in [0.4, 0.5) is 16.0 Å². The van der Waals surface area contributed by atoms with Crippen LogP contribution in [-0.2, 0) is 6.54 Å². The zero-order valence-corrected chi connectivity index (χ0v) is 10.2. The number of aromatic nitrogens is 2. The number of halogens is 1. The Kier molecular flexibility index (Phi) is 4.06. The summed E-state index contributed by atoms with van der Waals surface area (Å²) in [4.78, 5) is 8.42. The fraction of sp³-hybridized carbons (Fsp3) is 0.231. The van der Waals surface area contributed by atoms with E-state index in [-0.39, 0.29) is 5.82 Å². The maximum absolute atomic E-state index is 12.7. The van der Waals surface area contributed by atoms with Gasteiger partial charge in [0.15, 0.2) is 0 Å². The Balaban J connectivity index is 1.97. The Labute approximate surface area is 105 Å². The summed E-state index contributed by atoms with van der Waals surface area (Å²) in [7, 11) is 0. The first-order chi connectivity index (χ1) is 8.78. The molecule has 0 aliphatic heterocycles. The third kappa shape index (κ3) is 3.41. The molecule has 0 amide bonds. The van der Waals surface area contributed by atoms with E-state index in [4.69, 9.17) is 0 Å². The number of benzene rings is 1. The van der Waals surface area contributed by atoms with Crippen LogP contribution in [-0.4, -0.2) is 16.5 Å². The summed E-state index contributed by atoms with van der Waals surface area (Å²) in [5.74, 6) is 1.20. The van der Waals surface area contributed by atoms with Crippen molar-refractivity contribution in [2.75, 3.05) is 17.2 Å². The van der Waals surface area contributed by atoms with E-state index < -0.39 is 0 Å². The van der Waals surface area contributed by atoms with Gasteiger partial charge >= 0.3 is 0 Å². The van der Waals surface area contributed by atoms with E-state index in [1.807, 2.05) is 6.92 Å². The fourth-order valence-corrected chi connectivity index (χ4v) is 1.51. The maximum atomic E-state index is 12.7. The highest BCUT2D eigenvalue weighted by Crippen LogP contribution is 2.09. The molecule has 0 aliphatic carbocycles. The van der Waals surface area contributed by atoms with Gasteiger partial charge in [0.05, 0.1) is 12.4 Å². The lowest BCUT2D eigenvalue weighted by molar-refractivity contribution is 0.627. The first-order valence-corrected chi connectivity index (χ1v) is 5.82. The third-order valence-corrected chi connectivity index (χ3v) is 2.38. The molecule has 2 N–H and O–H groups in total. The Morgan fingerprint density at radius 2 is 1.72 bits per heavy atom. The molecule has 1 aromatic carbocycles. The minimum atomic E-state index is -0.229. The molecule has 5 heteroatoms. The molecule has 1 heterocycles. The average molecular weight is 246 g/mol. The highest BCUT2D eigenvalue weighted by molar-refractivity contribution is 5.41. The smallest absolute Gasteiger partial charge is 0.147 e. The molecule has 0 saturated carbocycles. The molecule has 2 rings (SSSR count). The van der Waals surface area contributed by atoms with Gasteiger partial charge in [-0.1, -0.05) is 12.1 Å². The molecular formula is C13H15FN4. The minimum Gasteiger partial charge on any atom is -0.369 e. The van der Waals surface area contributed by atoms with Crippen LogP contribution in [0.5, 0.6) is 0 Å². The van der Waals surface area contributed by atoms with Gasteiger partial charge in [0.1, 0.15) is 17.5 Å². The largest absolute Gasteiger partial charge is 0.369 e. The molecule has 94 valence electrons. The van der Waals surface area contributed by atoms with Crippen molar-refractivity contribution in [2.24, 2.45) is 0 Å². The predicted molar refractivity (Wildman–Crippen MR) is 69.9 cm³/mol. The van der Waals surface area contributed by atoms with Crippen molar-refractivity contribution in [1.29, 1.82) is 0 Å². The summed E-state index contributed by atoms with van der Waals surface area (Å²) in [5, 5.41) is 6.23. The average Bonchev–Trinajstić information content (AvgIpc) is 2.39. The molecule has 0 aliphatic rings. The Morgan fingerprint density at radius 3 is 2.39 bits per heavy atom. The summed E-state index contributed by atoms with van der Waals surface area (Å²) in [6.07, 6.45) is 3.33. The van der Waals surface area contributed by atoms with Gasteiger partial charge in [-0.3, -0.25) is 4.98 Å². The molecule has 0 radical (unpaired) electrons. The van der Waals surface area contributed by atoms with Gasteiger partial charge in [-0.2, -0.15) is 0 Å². The number of nitrogens with one attached hydrogen (secondary N) is 2. The molecule has 0 spiro atoms. The van der Waals surface area contributed by atoms with Crippen molar-refractivity contribution in [3.8, 4) is 0 Å². The molecule has 2 aromatic rings. The predicted octanol–water partition coefficient (Wildman–Crippen LogP) is 2.66. The molecule has 0 fully saturated rings. The summed E-state index contributed by atoms with van der Waals surface area (Å²) in [6, 6.07) is 6.36. The molecule has 0 unspecified atom stereocenters. The van der Waals surface area contributed by atoms with Crippen molar-refractivity contribution >= 4 is 11.6 Å². The highest BCUT2D eigenvalue weighted by Gasteiger charge is 1.98. The second-order valence-corrected chi connectivity index (χ2v) is 3.80. The summed E-state index contributed by atoms with van der Waals surface area (Å²) in [5.41, 5.74) is 0.993. The van der Waals surface area contributed by atoms with Gasteiger partial charge in [-0.05, 0) is 24.6 Å². The molecule has 0 bridgehead atoms. The highest BCUT2D eigenvalue weighted by atomic mass is 19.1. The van der Waals surface area contributed by atoms with Crippen LogP contribution in [0.1, 0.15) is 12.5 Å².